The summed E-state index contributed by atoms with van der Waals surface area (Å²) >= 11 is 0. The summed E-state index contributed by atoms with van der Waals surface area (Å²) in [6.45, 7) is 3.06. The molecule has 100 valence electrons. The Morgan fingerprint density at radius 1 is 1.37 bits per heavy atom. The van der Waals surface area contributed by atoms with Crippen molar-refractivity contribution < 1.29 is 4.79 Å². The van der Waals surface area contributed by atoms with E-state index in [-0.39, 0.29) is 5.91 Å². The number of benzene rings is 1. The summed E-state index contributed by atoms with van der Waals surface area (Å²) < 4.78 is 1.62. The second-order valence-corrected chi connectivity index (χ2v) is 4.39. The number of nitrogens with two attached hydrogens (primary N) is 1. The van der Waals surface area contributed by atoms with E-state index < -0.39 is 0 Å². The number of hydrogen-bond acceptors (Lipinski definition) is 3. The fraction of sp³-hybridized carbons (Fsp3) is 0.286. The van der Waals surface area contributed by atoms with E-state index in [0.717, 1.165) is 5.56 Å². The van der Waals surface area contributed by atoms with Crippen molar-refractivity contribution in [1.29, 1.82) is 0 Å². The van der Waals surface area contributed by atoms with E-state index in [1.54, 1.807) is 28.9 Å². The molecule has 0 bridgehead atoms. The average molecular weight is 258 g/mol. The largest absolute Gasteiger partial charge is 0.398 e. The Labute approximate surface area is 112 Å². The number of amides is 1. The highest BCUT2D eigenvalue weighted by molar-refractivity contribution is 5.92. The summed E-state index contributed by atoms with van der Waals surface area (Å²) in [5.74, 6) is -0.0775. The lowest BCUT2D eigenvalue weighted by Gasteiger charge is -2.20. The van der Waals surface area contributed by atoms with Crippen LogP contribution in [0.3, 0.4) is 0 Å². The van der Waals surface area contributed by atoms with Crippen LogP contribution in [0.15, 0.2) is 36.5 Å². The van der Waals surface area contributed by atoms with Gasteiger partial charge in [-0.15, -0.1) is 0 Å². The minimum Gasteiger partial charge on any atom is -0.398 e. The third-order valence-electron chi connectivity index (χ3n) is 3.02. The molecule has 0 atom stereocenters. The van der Waals surface area contributed by atoms with Crippen LogP contribution in [0.4, 0.5) is 5.69 Å². The standard InChI is InChI=1S/C14H18N4O/c1-3-18(10-11-6-4-5-7-12(11)15)14(19)13-8-9-17(2)16-13/h4-9H,3,10,15H2,1-2H3. The van der Waals surface area contributed by atoms with Gasteiger partial charge < -0.3 is 10.6 Å². The molecule has 0 aliphatic heterocycles. The predicted molar refractivity (Wildman–Crippen MR) is 74.5 cm³/mol. The summed E-state index contributed by atoms with van der Waals surface area (Å²) in [6, 6.07) is 9.30. The molecular weight excluding hydrogens is 240 g/mol. The number of nitrogens with zero attached hydrogens (tertiary/aromatic N) is 3. The maximum atomic E-state index is 12.3. The number of carbonyl (C=O) groups excluding carboxylic acids is 1. The topological polar surface area (TPSA) is 64.2 Å². The van der Waals surface area contributed by atoms with Gasteiger partial charge in [-0.25, -0.2) is 0 Å². The van der Waals surface area contributed by atoms with Gasteiger partial charge in [-0.2, -0.15) is 5.10 Å². The summed E-state index contributed by atoms with van der Waals surface area (Å²) in [4.78, 5) is 14.0. The molecule has 0 spiro atoms. The Kier molecular flexibility index (Phi) is 3.85. The van der Waals surface area contributed by atoms with Gasteiger partial charge in [0.05, 0.1) is 0 Å². The number of aromatic nitrogens is 2. The number of hydrogen-bond donors (Lipinski definition) is 1. The zero-order valence-electron chi connectivity index (χ0n) is 11.2. The fourth-order valence-electron chi connectivity index (χ4n) is 1.90. The minimum absolute atomic E-state index is 0.0775. The first-order valence-electron chi connectivity index (χ1n) is 6.24. The van der Waals surface area contributed by atoms with Gasteiger partial charge in [0.2, 0.25) is 0 Å². The zero-order valence-corrected chi connectivity index (χ0v) is 11.2. The lowest BCUT2D eigenvalue weighted by Crippen LogP contribution is -2.31. The summed E-state index contributed by atoms with van der Waals surface area (Å²) in [7, 11) is 1.79. The smallest absolute Gasteiger partial charge is 0.274 e. The molecule has 2 aromatic rings. The Hall–Kier alpha value is -2.30. The minimum atomic E-state index is -0.0775. The Morgan fingerprint density at radius 2 is 2.11 bits per heavy atom. The van der Waals surface area contributed by atoms with Crippen molar-refractivity contribution in [2.24, 2.45) is 7.05 Å². The van der Waals surface area contributed by atoms with E-state index in [4.69, 9.17) is 5.73 Å². The first-order valence-corrected chi connectivity index (χ1v) is 6.24. The number of aryl methyl sites for hydroxylation is 1. The SMILES string of the molecule is CCN(Cc1ccccc1N)C(=O)c1ccn(C)n1. The number of nitrogen functional groups attached to an aromatic ring is 1. The van der Waals surface area contributed by atoms with Gasteiger partial charge in [0, 0.05) is 32.0 Å². The van der Waals surface area contributed by atoms with Crippen LogP contribution in [-0.2, 0) is 13.6 Å². The molecule has 0 unspecified atom stereocenters. The quantitative estimate of drug-likeness (QED) is 0.848. The first-order chi connectivity index (χ1) is 9.11. The van der Waals surface area contributed by atoms with Crippen molar-refractivity contribution in [2.45, 2.75) is 13.5 Å². The van der Waals surface area contributed by atoms with Crippen LogP contribution < -0.4 is 5.73 Å². The fourth-order valence-corrected chi connectivity index (χ4v) is 1.90. The molecule has 0 aliphatic carbocycles. The molecular formula is C14H18N4O. The Bertz CT molecular complexity index is 576. The molecule has 1 aromatic heterocycles. The van der Waals surface area contributed by atoms with Gasteiger partial charge in [-0.05, 0) is 24.6 Å². The molecule has 0 saturated carbocycles. The van der Waals surface area contributed by atoms with E-state index in [1.807, 2.05) is 31.2 Å². The molecule has 2 rings (SSSR count). The lowest BCUT2D eigenvalue weighted by atomic mass is 10.1. The second-order valence-electron chi connectivity index (χ2n) is 4.39. The van der Waals surface area contributed by atoms with Crippen molar-refractivity contribution in [2.75, 3.05) is 12.3 Å². The predicted octanol–water partition coefficient (Wildman–Crippen LogP) is 1.66. The number of carbonyl (C=O) groups is 1. The third kappa shape index (κ3) is 2.93. The van der Waals surface area contributed by atoms with Gasteiger partial charge in [0.25, 0.3) is 5.91 Å². The second kappa shape index (κ2) is 5.56. The van der Waals surface area contributed by atoms with E-state index in [1.165, 1.54) is 0 Å². The van der Waals surface area contributed by atoms with E-state index >= 15 is 0 Å². The normalized spacial score (nSPS) is 10.4. The van der Waals surface area contributed by atoms with Crippen molar-refractivity contribution in [3.8, 4) is 0 Å². The van der Waals surface area contributed by atoms with Crippen molar-refractivity contribution >= 4 is 11.6 Å². The highest BCUT2D eigenvalue weighted by atomic mass is 16.2. The van der Waals surface area contributed by atoms with Crippen LogP contribution in [0, 0.1) is 0 Å². The van der Waals surface area contributed by atoms with Crippen molar-refractivity contribution in [3.05, 3.63) is 47.8 Å². The molecule has 0 radical (unpaired) electrons. The Balaban J connectivity index is 2.17. The molecule has 0 saturated heterocycles. The zero-order chi connectivity index (χ0) is 13.8. The van der Waals surface area contributed by atoms with Crippen LogP contribution >= 0.6 is 0 Å². The van der Waals surface area contributed by atoms with Crippen LogP contribution in [0.25, 0.3) is 0 Å². The molecule has 1 heterocycles. The van der Waals surface area contributed by atoms with Crippen LogP contribution in [0.2, 0.25) is 0 Å². The van der Waals surface area contributed by atoms with Crippen LogP contribution in [0.5, 0.6) is 0 Å². The molecule has 2 N–H and O–H groups in total. The number of para-hydroxylation sites is 1. The molecule has 0 aliphatic rings. The average Bonchev–Trinajstić information content (AvgIpc) is 2.84. The summed E-state index contributed by atoms with van der Waals surface area (Å²) in [6.07, 6.45) is 1.76. The first kappa shape index (κ1) is 13.1. The van der Waals surface area contributed by atoms with E-state index in [2.05, 4.69) is 5.10 Å². The number of anilines is 1. The summed E-state index contributed by atoms with van der Waals surface area (Å²) in [5.41, 5.74) is 8.02. The number of rotatable bonds is 4. The molecule has 1 amide bonds. The van der Waals surface area contributed by atoms with Gasteiger partial charge in [0.1, 0.15) is 5.69 Å². The molecule has 19 heavy (non-hydrogen) atoms. The van der Waals surface area contributed by atoms with Crippen LogP contribution in [-0.4, -0.2) is 27.1 Å². The van der Waals surface area contributed by atoms with Gasteiger partial charge in [-0.1, -0.05) is 18.2 Å². The monoisotopic (exact) mass is 258 g/mol. The molecule has 5 nitrogen and oxygen atoms in total. The Morgan fingerprint density at radius 3 is 2.68 bits per heavy atom. The van der Waals surface area contributed by atoms with Crippen molar-refractivity contribution in [3.63, 3.8) is 0 Å². The highest BCUT2D eigenvalue weighted by Crippen LogP contribution is 2.14. The van der Waals surface area contributed by atoms with Gasteiger partial charge >= 0.3 is 0 Å². The third-order valence-corrected chi connectivity index (χ3v) is 3.02. The van der Waals surface area contributed by atoms with Crippen LogP contribution in [0.1, 0.15) is 23.0 Å². The maximum Gasteiger partial charge on any atom is 0.274 e. The van der Waals surface area contributed by atoms with Crippen molar-refractivity contribution in [1.82, 2.24) is 14.7 Å². The summed E-state index contributed by atoms with van der Waals surface area (Å²) in [5, 5.41) is 4.14. The molecule has 1 aromatic carbocycles. The van der Waals surface area contributed by atoms with Gasteiger partial charge in [-0.3, -0.25) is 9.48 Å². The lowest BCUT2D eigenvalue weighted by molar-refractivity contribution is 0.0746. The highest BCUT2D eigenvalue weighted by Gasteiger charge is 2.17. The maximum absolute atomic E-state index is 12.3. The van der Waals surface area contributed by atoms with E-state index in [9.17, 15) is 4.79 Å². The van der Waals surface area contributed by atoms with E-state index in [0.29, 0.717) is 24.5 Å². The molecule has 0 fully saturated rings. The molecule has 5 heteroatoms. The van der Waals surface area contributed by atoms with Gasteiger partial charge in [0.15, 0.2) is 0 Å².